The molecular weight excluding hydrogens is 447 g/mol. The van der Waals surface area contributed by atoms with Gasteiger partial charge in [-0.2, -0.15) is 18.3 Å². The molecule has 0 atom stereocenters. The summed E-state index contributed by atoms with van der Waals surface area (Å²) < 4.78 is 46.3. The number of benzene rings is 2. The number of aliphatic carboxylic acids is 1. The van der Waals surface area contributed by atoms with E-state index in [-0.39, 0.29) is 6.42 Å². The fourth-order valence-electron chi connectivity index (χ4n) is 4.17. The standard InChI is InChI=1S/C25H26F3N3O3/c26-25(27,28)19-14-30-31(15-19)21-9-10-23(22(13-21)18-3-1-2-4-18)34-16-17-5-7-20(8-6-17)29-12-11-24(32)33/h5-10,13-15,18,29H,1-4,11-12,16H2,(H,32,33). The first-order chi connectivity index (χ1) is 16.3. The minimum Gasteiger partial charge on any atom is -0.489 e. The van der Waals surface area contributed by atoms with Crippen molar-refractivity contribution in [3.05, 3.63) is 71.5 Å². The van der Waals surface area contributed by atoms with E-state index < -0.39 is 17.7 Å². The van der Waals surface area contributed by atoms with Gasteiger partial charge in [-0.15, -0.1) is 0 Å². The minimum atomic E-state index is -4.43. The normalized spacial score (nSPS) is 14.3. The van der Waals surface area contributed by atoms with Gasteiger partial charge in [-0.05, 0) is 60.2 Å². The Morgan fingerprint density at radius 3 is 2.53 bits per heavy atom. The second kappa shape index (κ2) is 10.2. The number of carboxylic acids is 1. The maximum absolute atomic E-state index is 13.0. The largest absolute Gasteiger partial charge is 0.489 e. The number of nitrogens with one attached hydrogen (secondary N) is 1. The number of carboxylic acid groups (broad SMARTS) is 1. The molecule has 0 amide bonds. The molecule has 4 rings (SSSR count). The maximum atomic E-state index is 13.0. The molecule has 1 aliphatic carbocycles. The molecule has 1 aliphatic rings. The van der Waals surface area contributed by atoms with Crippen LogP contribution in [0.3, 0.4) is 0 Å². The number of hydrogen-bond donors (Lipinski definition) is 2. The van der Waals surface area contributed by atoms with Gasteiger partial charge in [0, 0.05) is 18.4 Å². The molecule has 2 N–H and O–H groups in total. The summed E-state index contributed by atoms with van der Waals surface area (Å²) in [7, 11) is 0. The van der Waals surface area contributed by atoms with Crippen LogP contribution in [0, 0.1) is 0 Å². The van der Waals surface area contributed by atoms with Crippen LogP contribution in [0.5, 0.6) is 5.75 Å². The number of alkyl halides is 3. The van der Waals surface area contributed by atoms with Crippen molar-refractivity contribution >= 4 is 11.7 Å². The third-order valence-electron chi connectivity index (χ3n) is 5.98. The Labute approximate surface area is 195 Å². The average Bonchev–Trinajstić information content (AvgIpc) is 3.51. The summed E-state index contributed by atoms with van der Waals surface area (Å²) in [6, 6.07) is 13.0. The molecule has 0 aliphatic heterocycles. The molecule has 1 aromatic heterocycles. The predicted octanol–water partition coefficient (Wildman–Crippen LogP) is 6.01. The Hall–Kier alpha value is -3.49. The highest BCUT2D eigenvalue weighted by Gasteiger charge is 2.32. The average molecular weight is 473 g/mol. The Balaban J connectivity index is 1.48. The lowest BCUT2D eigenvalue weighted by Crippen LogP contribution is -2.07. The van der Waals surface area contributed by atoms with Crippen molar-refractivity contribution in [2.75, 3.05) is 11.9 Å². The van der Waals surface area contributed by atoms with Crippen molar-refractivity contribution in [1.82, 2.24) is 9.78 Å². The van der Waals surface area contributed by atoms with E-state index in [1.54, 1.807) is 12.1 Å². The van der Waals surface area contributed by atoms with E-state index in [2.05, 4.69) is 10.4 Å². The summed E-state index contributed by atoms with van der Waals surface area (Å²) in [6.07, 6.45) is 1.71. The van der Waals surface area contributed by atoms with Crippen LogP contribution in [0.15, 0.2) is 54.9 Å². The van der Waals surface area contributed by atoms with Gasteiger partial charge in [-0.3, -0.25) is 4.79 Å². The number of ether oxygens (including phenoxy) is 1. The molecule has 0 unspecified atom stereocenters. The highest BCUT2D eigenvalue weighted by atomic mass is 19.4. The van der Waals surface area contributed by atoms with Crippen LogP contribution < -0.4 is 10.1 Å². The van der Waals surface area contributed by atoms with Crippen LogP contribution in [0.4, 0.5) is 18.9 Å². The number of aromatic nitrogens is 2. The monoisotopic (exact) mass is 473 g/mol. The molecule has 2 aromatic carbocycles. The third-order valence-corrected chi connectivity index (χ3v) is 5.98. The van der Waals surface area contributed by atoms with Gasteiger partial charge in [-0.1, -0.05) is 25.0 Å². The smallest absolute Gasteiger partial charge is 0.419 e. The molecule has 9 heteroatoms. The number of halogens is 3. The van der Waals surface area contributed by atoms with Crippen LogP contribution in [-0.2, 0) is 17.6 Å². The quantitative estimate of drug-likeness (QED) is 0.398. The van der Waals surface area contributed by atoms with E-state index in [1.807, 2.05) is 30.3 Å². The fourth-order valence-corrected chi connectivity index (χ4v) is 4.17. The second-order valence-electron chi connectivity index (χ2n) is 8.43. The molecule has 1 saturated carbocycles. The zero-order valence-electron chi connectivity index (χ0n) is 18.5. The Bertz CT molecular complexity index is 1120. The molecule has 6 nitrogen and oxygen atoms in total. The van der Waals surface area contributed by atoms with E-state index in [4.69, 9.17) is 9.84 Å². The van der Waals surface area contributed by atoms with Crippen LogP contribution in [0.1, 0.15) is 54.7 Å². The van der Waals surface area contributed by atoms with Gasteiger partial charge in [-0.25, -0.2) is 4.68 Å². The molecular formula is C25H26F3N3O3. The summed E-state index contributed by atoms with van der Waals surface area (Å²) in [5.41, 5.74) is 2.56. The minimum absolute atomic E-state index is 0.0425. The van der Waals surface area contributed by atoms with Crippen molar-refractivity contribution < 1.29 is 27.8 Å². The lowest BCUT2D eigenvalue weighted by atomic mass is 9.96. The summed E-state index contributed by atoms with van der Waals surface area (Å²) >= 11 is 0. The number of carbonyl (C=O) groups is 1. The van der Waals surface area contributed by atoms with Crippen LogP contribution in [0.25, 0.3) is 5.69 Å². The van der Waals surface area contributed by atoms with Gasteiger partial charge < -0.3 is 15.2 Å². The lowest BCUT2D eigenvalue weighted by Gasteiger charge is -2.18. The Morgan fingerprint density at radius 1 is 1.15 bits per heavy atom. The van der Waals surface area contributed by atoms with Crippen molar-refractivity contribution in [2.45, 2.75) is 50.8 Å². The first-order valence-electron chi connectivity index (χ1n) is 11.2. The van der Waals surface area contributed by atoms with Crippen molar-refractivity contribution in [3.8, 4) is 11.4 Å². The zero-order valence-corrected chi connectivity index (χ0v) is 18.5. The van der Waals surface area contributed by atoms with E-state index in [0.29, 0.717) is 24.8 Å². The van der Waals surface area contributed by atoms with Crippen molar-refractivity contribution in [2.24, 2.45) is 0 Å². The highest BCUT2D eigenvalue weighted by molar-refractivity contribution is 5.67. The molecule has 0 spiro atoms. The van der Waals surface area contributed by atoms with Gasteiger partial charge in [0.15, 0.2) is 0 Å². The van der Waals surface area contributed by atoms with Crippen molar-refractivity contribution in [3.63, 3.8) is 0 Å². The third kappa shape index (κ3) is 5.89. The SMILES string of the molecule is O=C(O)CCNc1ccc(COc2ccc(-n3cc(C(F)(F)F)cn3)cc2C2CCCC2)cc1. The Morgan fingerprint density at radius 2 is 1.88 bits per heavy atom. The number of rotatable bonds is 9. The summed E-state index contributed by atoms with van der Waals surface area (Å²) in [4.78, 5) is 10.6. The fraction of sp³-hybridized carbons (Fsp3) is 0.360. The number of hydrogen-bond acceptors (Lipinski definition) is 4. The summed E-state index contributed by atoms with van der Waals surface area (Å²) in [6.45, 7) is 0.692. The Kier molecular flexibility index (Phi) is 7.09. The molecule has 1 heterocycles. The van der Waals surface area contributed by atoms with Gasteiger partial charge in [0.05, 0.1) is 23.9 Å². The van der Waals surface area contributed by atoms with Gasteiger partial charge >= 0.3 is 12.1 Å². The maximum Gasteiger partial charge on any atom is 0.419 e. The highest BCUT2D eigenvalue weighted by Crippen LogP contribution is 2.40. The van der Waals surface area contributed by atoms with Gasteiger partial charge in [0.2, 0.25) is 0 Å². The molecule has 0 radical (unpaired) electrons. The summed E-state index contributed by atoms with van der Waals surface area (Å²) in [5, 5.41) is 15.7. The molecule has 0 bridgehead atoms. The van der Waals surface area contributed by atoms with E-state index >= 15 is 0 Å². The first kappa shape index (κ1) is 23.7. The van der Waals surface area contributed by atoms with Crippen LogP contribution >= 0.6 is 0 Å². The predicted molar refractivity (Wildman–Crippen MR) is 121 cm³/mol. The van der Waals surface area contributed by atoms with Crippen molar-refractivity contribution in [1.29, 1.82) is 0 Å². The van der Waals surface area contributed by atoms with E-state index in [0.717, 1.165) is 60.6 Å². The number of nitrogens with zero attached hydrogens (tertiary/aromatic N) is 2. The summed E-state index contributed by atoms with van der Waals surface area (Å²) in [5.74, 6) is 0.172. The van der Waals surface area contributed by atoms with Gasteiger partial charge in [0.1, 0.15) is 12.4 Å². The lowest BCUT2D eigenvalue weighted by molar-refractivity contribution is -0.138. The number of anilines is 1. The molecule has 34 heavy (non-hydrogen) atoms. The van der Waals surface area contributed by atoms with E-state index in [1.165, 1.54) is 4.68 Å². The molecule has 1 fully saturated rings. The molecule has 180 valence electrons. The van der Waals surface area contributed by atoms with Crippen LogP contribution in [0.2, 0.25) is 0 Å². The van der Waals surface area contributed by atoms with Gasteiger partial charge in [0.25, 0.3) is 0 Å². The van der Waals surface area contributed by atoms with Crippen LogP contribution in [-0.4, -0.2) is 27.4 Å². The van der Waals surface area contributed by atoms with E-state index in [9.17, 15) is 18.0 Å². The first-order valence-corrected chi connectivity index (χ1v) is 11.2. The molecule has 0 saturated heterocycles. The molecule has 3 aromatic rings. The second-order valence-corrected chi connectivity index (χ2v) is 8.43. The topological polar surface area (TPSA) is 76.4 Å². The zero-order chi connectivity index (χ0) is 24.1.